The quantitative estimate of drug-likeness (QED) is 0.604. The molecular formula is C16H28N2O3. The molecule has 2 amide bonds. The SMILES string of the molecule is C=C(C)COCCNC(=O)N1CCC([C@H]2CCCO2)CC1. The van der Waals surface area contributed by atoms with E-state index in [4.69, 9.17) is 9.47 Å². The highest BCUT2D eigenvalue weighted by Gasteiger charge is 2.30. The summed E-state index contributed by atoms with van der Waals surface area (Å²) in [5.41, 5.74) is 0.998. The van der Waals surface area contributed by atoms with Gasteiger partial charge in [-0.3, -0.25) is 0 Å². The Kier molecular flexibility index (Phi) is 6.51. The minimum absolute atomic E-state index is 0.0275. The van der Waals surface area contributed by atoms with E-state index in [9.17, 15) is 4.79 Å². The summed E-state index contributed by atoms with van der Waals surface area (Å²) in [4.78, 5) is 13.9. The van der Waals surface area contributed by atoms with Gasteiger partial charge in [0.25, 0.3) is 0 Å². The molecule has 1 N–H and O–H groups in total. The van der Waals surface area contributed by atoms with Crippen molar-refractivity contribution in [3.63, 3.8) is 0 Å². The van der Waals surface area contributed by atoms with Crippen molar-refractivity contribution < 1.29 is 14.3 Å². The zero-order valence-electron chi connectivity index (χ0n) is 13.1. The normalized spacial score (nSPS) is 23.3. The lowest BCUT2D eigenvalue weighted by molar-refractivity contribution is 0.0371. The first-order valence-corrected chi connectivity index (χ1v) is 8.03. The van der Waals surface area contributed by atoms with Gasteiger partial charge in [-0.25, -0.2) is 4.79 Å². The maximum atomic E-state index is 12.0. The molecule has 2 aliphatic rings. The van der Waals surface area contributed by atoms with Gasteiger partial charge in [0.05, 0.1) is 19.3 Å². The van der Waals surface area contributed by atoms with Crippen molar-refractivity contribution in [2.45, 2.75) is 38.7 Å². The Labute approximate surface area is 127 Å². The molecule has 0 saturated carbocycles. The molecular weight excluding hydrogens is 268 g/mol. The number of likely N-dealkylation sites (tertiary alicyclic amines) is 1. The highest BCUT2D eigenvalue weighted by Crippen LogP contribution is 2.28. The van der Waals surface area contributed by atoms with E-state index in [0.29, 0.717) is 31.8 Å². The standard InChI is InChI=1S/C16H28N2O3/c1-13(2)12-20-11-7-17-16(19)18-8-5-14(6-9-18)15-4-3-10-21-15/h14-15H,1,3-12H2,2H3,(H,17,19)/t15-/m1/s1. The molecule has 2 rings (SSSR count). The summed E-state index contributed by atoms with van der Waals surface area (Å²) in [6.45, 7) is 9.93. The van der Waals surface area contributed by atoms with Crippen molar-refractivity contribution in [3.8, 4) is 0 Å². The second-order valence-electron chi connectivity index (χ2n) is 6.12. The number of ether oxygens (including phenoxy) is 2. The van der Waals surface area contributed by atoms with E-state index in [-0.39, 0.29) is 6.03 Å². The summed E-state index contributed by atoms with van der Waals surface area (Å²) in [5.74, 6) is 0.635. The Morgan fingerprint density at radius 1 is 1.38 bits per heavy atom. The molecule has 2 fully saturated rings. The zero-order valence-corrected chi connectivity index (χ0v) is 13.1. The number of rotatable bonds is 6. The summed E-state index contributed by atoms with van der Waals surface area (Å²) in [7, 11) is 0. The number of carbonyl (C=O) groups excluding carboxylic acids is 1. The molecule has 0 spiro atoms. The number of nitrogens with zero attached hydrogens (tertiary/aromatic N) is 1. The van der Waals surface area contributed by atoms with Crippen molar-refractivity contribution in [3.05, 3.63) is 12.2 Å². The van der Waals surface area contributed by atoms with E-state index in [1.165, 1.54) is 12.8 Å². The number of hydrogen-bond acceptors (Lipinski definition) is 3. The lowest BCUT2D eigenvalue weighted by Gasteiger charge is -2.34. The van der Waals surface area contributed by atoms with Crippen molar-refractivity contribution in [2.24, 2.45) is 5.92 Å². The summed E-state index contributed by atoms with van der Waals surface area (Å²) in [5, 5.41) is 2.91. The molecule has 0 aromatic heterocycles. The first kappa shape index (κ1) is 16.3. The number of carbonyl (C=O) groups is 1. The average molecular weight is 296 g/mol. The van der Waals surface area contributed by atoms with Crippen LogP contribution in [0.1, 0.15) is 32.6 Å². The number of nitrogens with one attached hydrogen (secondary N) is 1. The third-order valence-electron chi connectivity index (χ3n) is 4.19. The maximum absolute atomic E-state index is 12.0. The van der Waals surface area contributed by atoms with Gasteiger partial charge in [-0.1, -0.05) is 12.2 Å². The molecule has 0 aliphatic carbocycles. The van der Waals surface area contributed by atoms with E-state index in [0.717, 1.165) is 38.1 Å². The van der Waals surface area contributed by atoms with E-state index >= 15 is 0 Å². The number of piperidine rings is 1. The Bertz CT molecular complexity index is 345. The number of urea groups is 1. The van der Waals surface area contributed by atoms with Gasteiger partial charge in [0.15, 0.2) is 0 Å². The third kappa shape index (κ3) is 5.32. The van der Waals surface area contributed by atoms with Gasteiger partial charge in [-0.15, -0.1) is 0 Å². The van der Waals surface area contributed by atoms with Crippen molar-refractivity contribution in [1.82, 2.24) is 10.2 Å². The van der Waals surface area contributed by atoms with Crippen LogP contribution in [0.2, 0.25) is 0 Å². The Balaban J connectivity index is 1.58. The number of hydrogen-bond donors (Lipinski definition) is 1. The molecule has 1 atom stereocenters. The monoisotopic (exact) mass is 296 g/mol. The Morgan fingerprint density at radius 3 is 2.76 bits per heavy atom. The predicted octanol–water partition coefficient (Wildman–Crippen LogP) is 2.18. The van der Waals surface area contributed by atoms with Crippen LogP contribution in [0.25, 0.3) is 0 Å². The van der Waals surface area contributed by atoms with Gasteiger partial charge in [-0.05, 0) is 38.5 Å². The summed E-state index contributed by atoms with van der Waals surface area (Å²) < 4.78 is 11.1. The molecule has 0 unspecified atom stereocenters. The average Bonchev–Trinajstić information content (AvgIpc) is 3.01. The van der Waals surface area contributed by atoms with E-state index in [1.54, 1.807) is 0 Å². The summed E-state index contributed by atoms with van der Waals surface area (Å²) in [6.07, 6.45) is 4.94. The predicted molar refractivity (Wildman–Crippen MR) is 82.3 cm³/mol. The van der Waals surface area contributed by atoms with Crippen LogP contribution >= 0.6 is 0 Å². The first-order chi connectivity index (χ1) is 10.2. The molecule has 0 aromatic carbocycles. The molecule has 21 heavy (non-hydrogen) atoms. The molecule has 2 heterocycles. The lowest BCUT2D eigenvalue weighted by Crippen LogP contribution is -2.46. The van der Waals surface area contributed by atoms with Crippen molar-refractivity contribution in [2.75, 3.05) is 39.5 Å². The minimum Gasteiger partial charge on any atom is -0.378 e. The molecule has 0 aromatic rings. The van der Waals surface area contributed by atoms with Crippen LogP contribution in [0.3, 0.4) is 0 Å². The highest BCUT2D eigenvalue weighted by molar-refractivity contribution is 5.74. The first-order valence-electron chi connectivity index (χ1n) is 8.03. The van der Waals surface area contributed by atoms with Crippen LogP contribution in [0, 0.1) is 5.92 Å². The van der Waals surface area contributed by atoms with Crippen LogP contribution < -0.4 is 5.32 Å². The molecule has 0 bridgehead atoms. The fourth-order valence-electron chi connectivity index (χ4n) is 3.04. The maximum Gasteiger partial charge on any atom is 0.317 e. The second kappa shape index (κ2) is 8.39. The minimum atomic E-state index is 0.0275. The van der Waals surface area contributed by atoms with Crippen LogP contribution in [-0.2, 0) is 9.47 Å². The second-order valence-corrected chi connectivity index (χ2v) is 6.12. The van der Waals surface area contributed by atoms with Crippen molar-refractivity contribution >= 4 is 6.03 Å². The molecule has 120 valence electrons. The summed E-state index contributed by atoms with van der Waals surface area (Å²) in [6, 6.07) is 0.0275. The van der Waals surface area contributed by atoms with Crippen LogP contribution in [-0.4, -0.2) is 56.5 Å². The van der Waals surface area contributed by atoms with Gasteiger partial charge in [0, 0.05) is 26.2 Å². The van der Waals surface area contributed by atoms with Crippen molar-refractivity contribution in [1.29, 1.82) is 0 Å². The van der Waals surface area contributed by atoms with Gasteiger partial charge in [0.1, 0.15) is 0 Å². The third-order valence-corrected chi connectivity index (χ3v) is 4.19. The molecule has 2 aliphatic heterocycles. The van der Waals surface area contributed by atoms with E-state index < -0.39 is 0 Å². The van der Waals surface area contributed by atoms with E-state index in [1.807, 2.05) is 11.8 Å². The fourth-order valence-corrected chi connectivity index (χ4v) is 3.04. The molecule has 5 heteroatoms. The Morgan fingerprint density at radius 2 is 2.14 bits per heavy atom. The zero-order chi connectivity index (χ0) is 15.1. The smallest absolute Gasteiger partial charge is 0.317 e. The van der Waals surface area contributed by atoms with Gasteiger partial charge < -0.3 is 19.7 Å². The fraction of sp³-hybridized carbons (Fsp3) is 0.812. The van der Waals surface area contributed by atoms with Crippen LogP contribution in [0.4, 0.5) is 4.79 Å². The van der Waals surface area contributed by atoms with E-state index in [2.05, 4.69) is 11.9 Å². The highest BCUT2D eigenvalue weighted by atomic mass is 16.5. The summed E-state index contributed by atoms with van der Waals surface area (Å²) >= 11 is 0. The van der Waals surface area contributed by atoms with Crippen LogP contribution in [0.15, 0.2) is 12.2 Å². The molecule has 0 radical (unpaired) electrons. The van der Waals surface area contributed by atoms with Gasteiger partial charge in [0.2, 0.25) is 0 Å². The van der Waals surface area contributed by atoms with Gasteiger partial charge >= 0.3 is 6.03 Å². The molecule has 2 saturated heterocycles. The molecule has 5 nitrogen and oxygen atoms in total. The van der Waals surface area contributed by atoms with Gasteiger partial charge in [-0.2, -0.15) is 0 Å². The largest absolute Gasteiger partial charge is 0.378 e. The lowest BCUT2D eigenvalue weighted by atomic mass is 9.90. The Hall–Kier alpha value is -1.07. The van der Waals surface area contributed by atoms with Crippen LogP contribution in [0.5, 0.6) is 0 Å². The topological polar surface area (TPSA) is 50.8 Å². The number of amides is 2.